The van der Waals surface area contributed by atoms with Gasteiger partial charge < -0.3 is 34.2 Å². The zero-order chi connectivity index (χ0) is 41.0. The van der Waals surface area contributed by atoms with Crippen LogP contribution in [0.5, 0.6) is 0 Å². The SMILES string of the molecule is CCc1nccn1CC(c1cccc(F)c1)(C1CCN(CC2CN(c3ccc(S(=O)(=O)C4CN(C(=O)/C=C/CN(C)C)C4)cc3)C2)CC1)[C@H]1CCC[C@@H]1NC(=O)OC. The third-order valence-corrected chi connectivity index (χ3v) is 15.3. The van der Waals surface area contributed by atoms with E-state index >= 15 is 4.39 Å². The van der Waals surface area contributed by atoms with Crippen molar-refractivity contribution in [3.05, 3.63) is 90.3 Å². The summed E-state index contributed by atoms with van der Waals surface area (Å²) in [6, 6.07) is 14.3. The number of methoxy groups -OCH3 is 1. The topological polar surface area (TPSA) is 120 Å². The number of aromatic nitrogens is 2. The average Bonchev–Trinajstić information content (AvgIpc) is 3.84. The van der Waals surface area contributed by atoms with E-state index in [9.17, 15) is 18.0 Å². The van der Waals surface area contributed by atoms with Crippen LogP contribution in [-0.2, 0) is 37.7 Å². The van der Waals surface area contributed by atoms with E-state index < -0.39 is 26.6 Å². The average molecular weight is 818 g/mol. The van der Waals surface area contributed by atoms with Crippen LogP contribution in [0.1, 0.15) is 50.4 Å². The molecule has 4 heterocycles. The maximum absolute atomic E-state index is 15.2. The molecule has 1 unspecified atom stereocenters. The number of ether oxygens (including phenoxy) is 1. The number of amides is 2. The van der Waals surface area contributed by atoms with Crippen LogP contribution in [0.25, 0.3) is 0 Å². The Morgan fingerprint density at radius 1 is 1.03 bits per heavy atom. The number of likely N-dealkylation sites (N-methyl/N-ethyl adjacent to an activating group) is 1. The summed E-state index contributed by atoms with van der Waals surface area (Å²) in [6.45, 7) is 8.53. The molecule has 2 amide bonds. The molecule has 1 N–H and O–H groups in total. The van der Waals surface area contributed by atoms with Gasteiger partial charge in [0.15, 0.2) is 9.84 Å². The van der Waals surface area contributed by atoms with E-state index in [0.29, 0.717) is 23.9 Å². The van der Waals surface area contributed by atoms with Gasteiger partial charge in [-0.1, -0.05) is 31.6 Å². The second-order valence-electron chi connectivity index (χ2n) is 17.1. The number of imidazole rings is 1. The van der Waals surface area contributed by atoms with Gasteiger partial charge in [0.25, 0.3) is 0 Å². The number of alkyl carbamates (subject to hydrolysis) is 1. The number of sulfone groups is 1. The Bertz CT molecular complexity index is 2020. The predicted octanol–water partition coefficient (Wildman–Crippen LogP) is 5.00. The summed E-state index contributed by atoms with van der Waals surface area (Å²) < 4.78 is 49.2. The van der Waals surface area contributed by atoms with Crippen LogP contribution in [-0.4, -0.2) is 130 Å². The lowest BCUT2D eigenvalue weighted by molar-refractivity contribution is -0.129. The lowest BCUT2D eigenvalue weighted by atomic mass is 9.58. The number of carbonyl (C=O) groups excluding carboxylic acids is 2. The van der Waals surface area contributed by atoms with Crippen molar-refractivity contribution in [2.24, 2.45) is 17.8 Å². The molecule has 1 aromatic heterocycles. The lowest BCUT2D eigenvalue weighted by Gasteiger charge is -2.51. The fourth-order valence-electron chi connectivity index (χ4n) is 10.1. The van der Waals surface area contributed by atoms with Crippen molar-refractivity contribution in [2.75, 3.05) is 78.5 Å². The van der Waals surface area contributed by atoms with Crippen LogP contribution in [0, 0.1) is 23.6 Å². The normalized spacial score (nSPS) is 22.2. The third-order valence-electron chi connectivity index (χ3n) is 13.2. The highest BCUT2D eigenvalue weighted by molar-refractivity contribution is 7.92. The van der Waals surface area contributed by atoms with Crippen LogP contribution in [0.15, 0.2) is 78.0 Å². The van der Waals surface area contributed by atoms with Gasteiger partial charge in [-0.25, -0.2) is 22.6 Å². The van der Waals surface area contributed by atoms with E-state index in [0.717, 1.165) is 88.3 Å². The largest absolute Gasteiger partial charge is 0.453 e. The van der Waals surface area contributed by atoms with Crippen LogP contribution in [0.3, 0.4) is 0 Å². The van der Waals surface area contributed by atoms with Crippen LogP contribution in [0.4, 0.5) is 14.9 Å². The van der Waals surface area contributed by atoms with Crippen molar-refractivity contribution < 1.29 is 27.1 Å². The fourth-order valence-corrected chi connectivity index (χ4v) is 11.8. The fraction of sp³-hybridized carbons (Fsp3) is 0.568. The molecule has 0 spiro atoms. The molecule has 4 fully saturated rings. The number of hydrogen-bond donors (Lipinski definition) is 1. The summed E-state index contributed by atoms with van der Waals surface area (Å²) in [5, 5.41) is 2.59. The molecule has 1 saturated carbocycles. The second-order valence-corrected chi connectivity index (χ2v) is 19.3. The molecule has 2 aromatic carbocycles. The Morgan fingerprint density at radius 2 is 1.78 bits per heavy atom. The summed E-state index contributed by atoms with van der Waals surface area (Å²) in [5.41, 5.74) is 1.57. The third kappa shape index (κ3) is 8.84. The number of carbonyl (C=O) groups is 2. The van der Waals surface area contributed by atoms with E-state index in [1.54, 1.807) is 29.2 Å². The maximum Gasteiger partial charge on any atom is 0.407 e. The van der Waals surface area contributed by atoms with Crippen LogP contribution < -0.4 is 10.2 Å². The highest BCUT2D eigenvalue weighted by atomic mass is 32.2. The zero-order valence-corrected chi connectivity index (χ0v) is 35.2. The van der Waals surface area contributed by atoms with E-state index in [1.165, 1.54) is 19.3 Å². The molecule has 314 valence electrons. The van der Waals surface area contributed by atoms with Crippen molar-refractivity contribution in [1.29, 1.82) is 0 Å². The predicted molar refractivity (Wildman–Crippen MR) is 223 cm³/mol. The van der Waals surface area contributed by atoms with Crippen LogP contribution in [0.2, 0.25) is 0 Å². The van der Waals surface area contributed by atoms with E-state index in [4.69, 9.17) is 4.74 Å². The lowest BCUT2D eigenvalue weighted by Crippen LogP contribution is -2.56. The first-order valence-corrected chi connectivity index (χ1v) is 22.5. The smallest absolute Gasteiger partial charge is 0.407 e. The number of aryl methyl sites for hydroxylation is 1. The first kappa shape index (κ1) is 41.9. The van der Waals surface area contributed by atoms with Crippen molar-refractivity contribution in [3.8, 4) is 0 Å². The van der Waals surface area contributed by atoms with Crippen LogP contribution >= 0.6 is 0 Å². The van der Waals surface area contributed by atoms with Gasteiger partial charge in [0.2, 0.25) is 5.91 Å². The first-order chi connectivity index (χ1) is 27.9. The summed E-state index contributed by atoms with van der Waals surface area (Å²) in [5.74, 6) is 1.45. The number of nitrogens with one attached hydrogen (secondary N) is 1. The molecule has 4 aliphatic rings. The van der Waals surface area contributed by atoms with E-state index in [1.807, 2.05) is 49.6 Å². The molecule has 3 aliphatic heterocycles. The number of nitrogens with zero attached hydrogens (tertiary/aromatic N) is 6. The Kier molecular flexibility index (Phi) is 12.9. The van der Waals surface area contributed by atoms with Gasteiger partial charge in [-0.3, -0.25) is 4.79 Å². The maximum atomic E-state index is 15.2. The van der Waals surface area contributed by atoms with E-state index in [2.05, 4.69) is 37.7 Å². The number of rotatable bonds is 15. The summed E-state index contributed by atoms with van der Waals surface area (Å²) in [7, 11) is 1.72. The Balaban J connectivity index is 0.980. The number of halogens is 1. The highest BCUT2D eigenvalue weighted by Crippen LogP contribution is 2.52. The minimum atomic E-state index is -3.53. The highest BCUT2D eigenvalue weighted by Gasteiger charge is 2.52. The molecule has 3 atom stereocenters. The molecular formula is C44H60FN7O5S. The molecule has 58 heavy (non-hydrogen) atoms. The Hall–Kier alpha value is -4.27. The summed E-state index contributed by atoms with van der Waals surface area (Å²) in [4.78, 5) is 38.4. The van der Waals surface area contributed by atoms with Gasteiger partial charge in [0.1, 0.15) is 16.9 Å². The molecule has 0 radical (unpaired) electrons. The Labute approximate surface area is 343 Å². The number of benzene rings is 2. The molecule has 14 heteroatoms. The first-order valence-electron chi connectivity index (χ1n) is 20.9. The minimum Gasteiger partial charge on any atom is -0.453 e. The minimum absolute atomic E-state index is 0.0857. The van der Waals surface area contributed by atoms with Gasteiger partial charge in [-0.2, -0.15) is 0 Å². The van der Waals surface area contributed by atoms with Crippen molar-refractivity contribution in [3.63, 3.8) is 0 Å². The Morgan fingerprint density at radius 3 is 2.45 bits per heavy atom. The molecule has 1 aliphatic carbocycles. The quantitative estimate of drug-likeness (QED) is 0.212. The number of likely N-dealkylation sites (tertiary alicyclic amines) is 2. The number of piperidine rings is 1. The van der Waals surface area contributed by atoms with Gasteiger partial charge in [0.05, 0.1) is 12.0 Å². The molecular weight excluding hydrogens is 758 g/mol. The van der Waals surface area contributed by atoms with E-state index in [-0.39, 0.29) is 42.7 Å². The van der Waals surface area contributed by atoms with Gasteiger partial charge in [-0.15, -0.1) is 0 Å². The molecule has 7 rings (SSSR count). The second kappa shape index (κ2) is 17.9. The number of hydrogen-bond acceptors (Lipinski definition) is 9. The zero-order valence-electron chi connectivity index (χ0n) is 34.4. The van der Waals surface area contributed by atoms with Crippen molar-refractivity contribution >= 4 is 27.5 Å². The van der Waals surface area contributed by atoms with Gasteiger partial charge >= 0.3 is 6.09 Å². The van der Waals surface area contributed by atoms with Crippen molar-refractivity contribution in [1.82, 2.24) is 29.6 Å². The summed E-state index contributed by atoms with van der Waals surface area (Å²) in [6.07, 6.45) is 12.3. The number of anilines is 1. The molecule has 12 nitrogen and oxygen atoms in total. The molecule has 0 bridgehead atoms. The standard InChI is InChI=1S/C44H60FN7O5S/c1-5-41-46-20-24-50(41)31-44(34-9-6-10-35(45)25-34,39-11-7-12-40(39)47-43(54)57-4)33-18-22-49(23-19-33)26-32-27-51(28-32)36-14-16-37(17-15-36)58(55,56)38-29-52(30-38)42(53)13-8-21-48(2)3/h6,8-10,13-17,20,24-25,32-33,38-40H,5,7,11-12,18-19,21-23,26-31H2,1-4H3,(H,47,54)/b13-8+/t39-,40-,44?/m0/s1. The van der Waals surface area contributed by atoms with Gasteiger partial charge in [-0.05, 0) is 107 Å². The molecule has 3 aromatic rings. The summed E-state index contributed by atoms with van der Waals surface area (Å²) >= 11 is 0. The van der Waals surface area contributed by atoms with Gasteiger partial charge in [0, 0.05) is 93.8 Å². The van der Waals surface area contributed by atoms with Crippen molar-refractivity contribution in [2.45, 2.75) is 73.6 Å². The monoisotopic (exact) mass is 817 g/mol. The molecule has 3 saturated heterocycles.